The highest BCUT2D eigenvalue weighted by Crippen LogP contribution is 2.27. The van der Waals surface area contributed by atoms with E-state index in [4.69, 9.17) is 18.9 Å². The number of methoxy groups -OCH3 is 2. The second-order valence-electron chi connectivity index (χ2n) is 5.66. The van der Waals surface area contributed by atoms with Crippen LogP contribution in [0.25, 0.3) is 0 Å². The average Bonchev–Trinajstić information content (AvgIpc) is 2.65. The predicted molar refractivity (Wildman–Crippen MR) is 96.2 cm³/mol. The Hall–Kier alpha value is -3.02. The van der Waals surface area contributed by atoms with E-state index in [0.717, 1.165) is 11.1 Å². The second-order valence-corrected chi connectivity index (χ2v) is 5.66. The lowest BCUT2D eigenvalue weighted by atomic mass is 10.1. The first-order valence-electron chi connectivity index (χ1n) is 8.06. The number of carbonyl (C=O) groups excluding carboxylic acids is 2. The van der Waals surface area contributed by atoms with Crippen LogP contribution in [-0.2, 0) is 9.53 Å². The largest absolute Gasteiger partial charge is 0.493 e. The van der Waals surface area contributed by atoms with E-state index in [-0.39, 0.29) is 19.0 Å². The molecule has 26 heavy (non-hydrogen) atoms. The highest BCUT2D eigenvalue weighted by molar-refractivity contribution is 5.98. The Morgan fingerprint density at radius 3 is 2.15 bits per heavy atom. The maximum Gasteiger partial charge on any atom is 0.344 e. The van der Waals surface area contributed by atoms with Gasteiger partial charge in [-0.25, -0.2) is 4.79 Å². The first kappa shape index (κ1) is 19.3. The maximum absolute atomic E-state index is 12.2. The van der Waals surface area contributed by atoms with Crippen molar-refractivity contribution in [2.45, 2.75) is 13.8 Å². The molecule has 0 aliphatic carbocycles. The molecule has 2 aromatic carbocycles. The van der Waals surface area contributed by atoms with Gasteiger partial charge >= 0.3 is 5.97 Å². The number of rotatable bonds is 8. The minimum absolute atomic E-state index is 0.259. The van der Waals surface area contributed by atoms with E-state index in [2.05, 4.69) is 0 Å². The molecule has 0 amide bonds. The van der Waals surface area contributed by atoms with Gasteiger partial charge < -0.3 is 18.9 Å². The predicted octanol–water partition coefficient (Wildman–Crippen LogP) is 3.13. The van der Waals surface area contributed by atoms with Crippen LogP contribution in [0.15, 0.2) is 36.4 Å². The minimum atomic E-state index is -0.610. The fourth-order valence-corrected chi connectivity index (χ4v) is 2.44. The van der Waals surface area contributed by atoms with Crippen LogP contribution in [0.3, 0.4) is 0 Å². The van der Waals surface area contributed by atoms with Gasteiger partial charge in [-0.1, -0.05) is 18.2 Å². The van der Waals surface area contributed by atoms with Crippen LogP contribution in [0.4, 0.5) is 0 Å². The lowest BCUT2D eigenvalue weighted by Crippen LogP contribution is -2.20. The van der Waals surface area contributed by atoms with Crippen LogP contribution in [0.2, 0.25) is 0 Å². The Bertz CT molecular complexity index is 777. The second kappa shape index (κ2) is 8.89. The third-order valence-corrected chi connectivity index (χ3v) is 3.81. The number of ketones is 1. The molecule has 0 aromatic heterocycles. The van der Waals surface area contributed by atoms with Crippen molar-refractivity contribution in [1.29, 1.82) is 0 Å². The summed E-state index contributed by atoms with van der Waals surface area (Å²) in [5, 5.41) is 0. The Morgan fingerprint density at radius 1 is 0.885 bits per heavy atom. The van der Waals surface area contributed by atoms with E-state index in [1.54, 1.807) is 18.2 Å². The molecule has 0 unspecified atom stereocenters. The molecule has 0 aliphatic heterocycles. The zero-order valence-corrected chi connectivity index (χ0v) is 15.3. The quantitative estimate of drug-likeness (QED) is 0.533. The van der Waals surface area contributed by atoms with E-state index in [1.807, 2.05) is 32.0 Å². The molecule has 0 radical (unpaired) electrons. The number of hydrogen-bond acceptors (Lipinski definition) is 6. The van der Waals surface area contributed by atoms with Gasteiger partial charge in [0, 0.05) is 5.56 Å². The zero-order chi connectivity index (χ0) is 19.1. The molecule has 0 heterocycles. The normalized spacial score (nSPS) is 10.2. The molecule has 0 N–H and O–H groups in total. The molecular formula is C20H22O6. The topological polar surface area (TPSA) is 71.1 Å². The van der Waals surface area contributed by atoms with Gasteiger partial charge in [0.05, 0.1) is 14.2 Å². The molecule has 0 bridgehead atoms. The van der Waals surface area contributed by atoms with Crippen molar-refractivity contribution in [2.24, 2.45) is 0 Å². The van der Waals surface area contributed by atoms with Crippen molar-refractivity contribution in [1.82, 2.24) is 0 Å². The van der Waals surface area contributed by atoms with E-state index in [0.29, 0.717) is 22.8 Å². The standard InChI is InChI=1S/C20H22O6/c1-13-6-5-7-14(2)20(13)26-12-19(22)25-11-16(21)15-8-9-17(23-3)18(10-15)24-4/h5-10H,11-12H2,1-4H3. The van der Waals surface area contributed by atoms with Crippen molar-refractivity contribution in [3.05, 3.63) is 53.1 Å². The highest BCUT2D eigenvalue weighted by atomic mass is 16.6. The van der Waals surface area contributed by atoms with Gasteiger partial charge in [-0.05, 0) is 43.2 Å². The summed E-state index contributed by atoms with van der Waals surface area (Å²) in [4.78, 5) is 24.0. The number of Topliss-reactive ketones (excluding diaryl/α,β-unsaturated/α-hetero) is 1. The van der Waals surface area contributed by atoms with E-state index >= 15 is 0 Å². The van der Waals surface area contributed by atoms with Crippen molar-refractivity contribution in [2.75, 3.05) is 27.4 Å². The fourth-order valence-electron chi connectivity index (χ4n) is 2.44. The van der Waals surface area contributed by atoms with Gasteiger partial charge in [-0.3, -0.25) is 4.79 Å². The summed E-state index contributed by atoms with van der Waals surface area (Å²) in [7, 11) is 2.99. The molecule has 2 aromatic rings. The van der Waals surface area contributed by atoms with Crippen LogP contribution in [0, 0.1) is 13.8 Å². The summed E-state index contributed by atoms with van der Waals surface area (Å²) in [6.45, 7) is 3.16. The van der Waals surface area contributed by atoms with Gasteiger partial charge in [-0.2, -0.15) is 0 Å². The Kier molecular flexibility index (Phi) is 6.60. The van der Waals surface area contributed by atoms with Gasteiger partial charge in [0.25, 0.3) is 0 Å². The van der Waals surface area contributed by atoms with Crippen molar-refractivity contribution >= 4 is 11.8 Å². The smallest absolute Gasteiger partial charge is 0.344 e. The van der Waals surface area contributed by atoms with Gasteiger partial charge in [0.15, 0.2) is 30.5 Å². The van der Waals surface area contributed by atoms with E-state index in [1.165, 1.54) is 14.2 Å². The lowest BCUT2D eigenvalue weighted by Gasteiger charge is -2.12. The van der Waals surface area contributed by atoms with Crippen molar-refractivity contribution < 1.29 is 28.5 Å². The number of esters is 1. The van der Waals surface area contributed by atoms with Crippen LogP contribution < -0.4 is 14.2 Å². The summed E-state index contributed by atoms with van der Waals surface area (Å²) >= 11 is 0. The van der Waals surface area contributed by atoms with Crippen LogP contribution in [0.5, 0.6) is 17.2 Å². The minimum Gasteiger partial charge on any atom is -0.493 e. The van der Waals surface area contributed by atoms with Crippen LogP contribution in [-0.4, -0.2) is 39.2 Å². The Labute approximate surface area is 152 Å². The summed E-state index contributed by atoms with van der Waals surface area (Å²) in [5.74, 6) is 0.648. The van der Waals surface area contributed by atoms with E-state index in [9.17, 15) is 9.59 Å². The summed E-state index contributed by atoms with van der Waals surface area (Å²) in [5.41, 5.74) is 2.23. The third kappa shape index (κ3) is 4.75. The lowest BCUT2D eigenvalue weighted by molar-refractivity contribution is -0.144. The van der Waals surface area contributed by atoms with Crippen LogP contribution in [0.1, 0.15) is 21.5 Å². The van der Waals surface area contributed by atoms with E-state index < -0.39 is 5.97 Å². The number of aryl methyl sites for hydroxylation is 2. The Balaban J connectivity index is 1.90. The molecular weight excluding hydrogens is 336 g/mol. The van der Waals surface area contributed by atoms with Crippen molar-refractivity contribution in [3.8, 4) is 17.2 Å². The first-order chi connectivity index (χ1) is 12.5. The number of hydrogen-bond donors (Lipinski definition) is 0. The molecule has 0 atom stereocenters. The van der Waals surface area contributed by atoms with Gasteiger partial charge in [0.2, 0.25) is 0 Å². The molecule has 0 fully saturated rings. The first-order valence-corrected chi connectivity index (χ1v) is 8.06. The number of ether oxygens (including phenoxy) is 4. The SMILES string of the molecule is COc1ccc(C(=O)COC(=O)COc2c(C)cccc2C)cc1OC. The Morgan fingerprint density at radius 2 is 1.54 bits per heavy atom. The number of para-hydroxylation sites is 1. The molecule has 138 valence electrons. The number of carbonyl (C=O) groups is 2. The summed E-state index contributed by atoms with van der Waals surface area (Å²) < 4.78 is 20.8. The molecule has 0 aliphatic rings. The molecule has 6 heteroatoms. The molecule has 6 nitrogen and oxygen atoms in total. The number of benzene rings is 2. The highest BCUT2D eigenvalue weighted by Gasteiger charge is 2.14. The van der Waals surface area contributed by atoms with Crippen LogP contribution >= 0.6 is 0 Å². The maximum atomic E-state index is 12.2. The molecule has 2 rings (SSSR count). The summed E-state index contributed by atoms with van der Waals surface area (Å²) in [6, 6.07) is 10.5. The van der Waals surface area contributed by atoms with Crippen molar-refractivity contribution in [3.63, 3.8) is 0 Å². The third-order valence-electron chi connectivity index (χ3n) is 3.81. The van der Waals surface area contributed by atoms with Gasteiger partial charge in [0.1, 0.15) is 5.75 Å². The van der Waals surface area contributed by atoms with Gasteiger partial charge in [-0.15, -0.1) is 0 Å². The summed E-state index contributed by atoms with van der Waals surface area (Å²) in [6.07, 6.45) is 0. The molecule has 0 saturated heterocycles. The fraction of sp³-hybridized carbons (Fsp3) is 0.300. The molecule has 0 spiro atoms. The molecule has 0 saturated carbocycles. The average molecular weight is 358 g/mol. The monoisotopic (exact) mass is 358 g/mol. The zero-order valence-electron chi connectivity index (χ0n) is 15.3.